The van der Waals surface area contributed by atoms with E-state index in [1.807, 2.05) is 41.3 Å². The van der Waals surface area contributed by atoms with E-state index in [2.05, 4.69) is 17.4 Å². The van der Waals surface area contributed by atoms with Crippen LogP contribution in [0.15, 0.2) is 54.6 Å². The van der Waals surface area contributed by atoms with Crippen LogP contribution >= 0.6 is 0 Å². The van der Waals surface area contributed by atoms with Crippen molar-refractivity contribution in [2.45, 2.75) is 32.2 Å². The summed E-state index contributed by atoms with van der Waals surface area (Å²) in [5, 5.41) is 2.65. The van der Waals surface area contributed by atoms with Crippen LogP contribution < -0.4 is 5.32 Å². The first-order valence-corrected chi connectivity index (χ1v) is 11.9. The van der Waals surface area contributed by atoms with Crippen molar-refractivity contribution in [3.8, 4) is 0 Å². The molecular weight excluding hydrogens is 430 g/mol. The quantitative estimate of drug-likeness (QED) is 0.740. The molecule has 1 N–H and O–H groups in total. The molecule has 3 amide bonds. The number of amides is 3. The van der Waals surface area contributed by atoms with E-state index < -0.39 is 5.41 Å². The van der Waals surface area contributed by atoms with E-state index in [1.165, 1.54) is 0 Å². The van der Waals surface area contributed by atoms with Gasteiger partial charge < -0.3 is 19.9 Å². The number of hydrogen-bond donors (Lipinski definition) is 1. The van der Waals surface area contributed by atoms with Crippen LogP contribution in [0.4, 0.5) is 0 Å². The van der Waals surface area contributed by atoms with E-state index in [0.29, 0.717) is 57.7 Å². The number of piperazine rings is 1. The van der Waals surface area contributed by atoms with Gasteiger partial charge in [0.15, 0.2) is 0 Å². The Bertz CT molecular complexity index is 1030. The van der Waals surface area contributed by atoms with Gasteiger partial charge in [-0.25, -0.2) is 0 Å². The Kier molecular flexibility index (Phi) is 7.32. The number of nitrogens with one attached hydrogen (secondary N) is 1. The van der Waals surface area contributed by atoms with Crippen molar-refractivity contribution in [3.63, 3.8) is 0 Å². The van der Waals surface area contributed by atoms with Crippen molar-refractivity contribution in [2.75, 3.05) is 39.9 Å². The van der Waals surface area contributed by atoms with Crippen LogP contribution in [0, 0.1) is 5.41 Å². The molecule has 2 fully saturated rings. The lowest BCUT2D eigenvalue weighted by Crippen LogP contribution is -2.56. The predicted molar refractivity (Wildman–Crippen MR) is 129 cm³/mol. The second-order valence-corrected chi connectivity index (χ2v) is 9.24. The Morgan fingerprint density at radius 2 is 1.76 bits per heavy atom. The van der Waals surface area contributed by atoms with E-state index in [0.717, 1.165) is 11.1 Å². The Morgan fingerprint density at radius 3 is 2.44 bits per heavy atom. The molecule has 2 saturated heterocycles. The van der Waals surface area contributed by atoms with Crippen molar-refractivity contribution < 1.29 is 19.1 Å². The summed E-state index contributed by atoms with van der Waals surface area (Å²) in [6, 6.07) is 17.2. The lowest BCUT2D eigenvalue weighted by Gasteiger charge is -2.46. The molecule has 0 bridgehead atoms. The van der Waals surface area contributed by atoms with Crippen molar-refractivity contribution in [1.29, 1.82) is 0 Å². The van der Waals surface area contributed by atoms with Crippen LogP contribution in [0.3, 0.4) is 0 Å². The number of hydrogen-bond acceptors (Lipinski definition) is 4. The number of carbonyl (C=O) groups excluding carboxylic acids is 3. The predicted octanol–water partition coefficient (Wildman–Crippen LogP) is 2.82. The second-order valence-electron chi connectivity index (χ2n) is 9.24. The molecule has 2 aromatic rings. The molecule has 0 unspecified atom stereocenters. The molecule has 0 aliphatic carbocycles. The minimum Gasteiger partial charge on any atom is -0.381 e. The van der Waals surface area contributed by atoms with Crippen molar-refractivity contribution in [1.82, 2.24) is 15.1 Å². The van der Waals surface area contributed by atoms with Gasteiger partial charge in [0.2, 0.25) is 11.8 Å². The summed E-state index contributed by atoms with van der Waals surface area (Å²) in [7, 11) is 1.60. The van der Waals surface area contributed by atoms with E-state index >= 15 is 0 Å². The zero-order valence-corrected chi connectivity index (χ0v) is 20.0. The van der Waals surface area contributed by atoms with Gasteiger partial charge in [-0.1, -0.05) is 42.5 Å². The fourth-order valence-corrected chi connectivity index (χ4v) is 5.21. The normalized spacial score (nSPS) is 20.0. The Hall–Kier alpha value is -3.19. The maximum atomic E-state index is 14.1. The Labute approximate surface area is 201 Å². The van der Waals surface area contributed by atoms with Gasteiger partial charge in [-0.15, -0.1) is 0 Å². The van der Waals surface area contributed by atoms with Gasteiger partial charge in [0.05, 0.1) is 11.5 Å². The van der Waals surface area contributed by atoms with Gasteiger partial charge >= 0.3 is 0 Å². The highest BCUT2D eigenvalue weighted by molar-refractivity contribution is 5.94. The first kappa shape index (κ1) is 24.0. The number of ether oxygens (including phenoxy) is 1. The van der Waals surface area contributed by atoms with Gasteiger partial charge in [-0.2, -0.15) is 0 Å². The SMILES string of the molecule is CNC(=O)c1cccc([C@H]2CN(C(=O)C3(Cc4ccccc4)CCOCC3)CCN2C(C)=O)c1. The Balaban J connectivity index is 1.62. The van der Waals surface area contributed by atoms with Crippen LogP contribution in [0.2, 0.25) is 0 Å². The number of nitrogens with zero attached hydrogens (tertiary/aromatic N) is 2. The summed E-state index contributed by atoms with van der Waals surface area (Å²) in [5.41, 5.74) is 2.04. The van der Waals surface area contributed by atoms with Gasteiger partial charge in [0.1, 0.15) is 0 Å². The zero-order valence-electron chi connectivity index (χ0n) is 20.0. The third kappa shape index (κ3) is 4.99. The van der Waals surface area contributed by atoms with Crippen molar-refractivity contribution >= 4 is 17.7 Å². The van der Waals surface area contributed by atoms with Crippen LogP contribution in [0.5, 0.6) is 0 Å². The largest absolute Gasteiger partial charge is 0.381 e. The molecule has 0 aromatic heterocycles. The van der Waals surface area contributed by atoms with Gasteiger partial charge in [0.25, 0.3) is 5.91 Å². The highest BCUT2D eigenvalue weighted by atomic mass is 16.5. The first-order valence-electron chi connectivity index (χ1n) is 11.9. The molecule has 2 heterocycles. The molecule has 1 atom stereocenters. The van der Waals surface area contributed by atoms with Crippen LogP contribution in [0.1, 0.15) is 47.3 Å². The lowest BCUT2D eigenvalue weighted by atomic mass is 9.73. The molecule has 7 heteroatoms. The van der Waals surface area contributed by atoms with Crippen molar-refractivity contribution in [3.05, 3.63) is 71.3 Å². The maximum absolute atomic E-state index is 14.1. The molecule has 4 rings (SSSR count). The van der Waals surface area contributed by atoms with Crippen LogP contribution in [0.25, 0.3) is 0 Å². The molecule has 0 saturated carbocycles. The van der Waals surface area contributed by atoms with Gasteiger partial charge in [-0.3, -0.25) is 14.4 Å². The third-order valence-electron chi connectivity index (χ3n) is 7.12. The molecule has 180 valence electrons. The second kappa shape index (κ2) is 10.4. The third-order valence-corrected chi connectivity index (χ3v) is 7.12. The lowest BCUT2D eigenvalue weighted by molar-refractivity contribution is -0.154. The molecule has 0 spiro atoms. The summed E-state index contributed by atoms with van der Waals surface area (Å²) in [5.74, 6) is -0.0770. The number of carbonyl (C=O) groups is 3. The first-order chi connectivity index (χ1) is 16.4. The zero-order chi connectivity index (χ0) is 24.1. The molecule has 2 aromatic carbocycles. The van der Waals surface area contributed by atoms with E-state index in [-0.39, 0.29) is 23.8 Å². The average molecular weight is 464 g/mol. The topological polar surface area (TPSA) is 79.0 Å². The molecule has 7 nitrogen and oxygen atoms in total. The fourth-order valence-electron chi connectivity index (χ4n) is 5.21. The molecule has 2 aliphatic heterocycles. The summed E-state index contributed by atoms with van der Waals surface area (Å²) in [6.07, 6.45) is 2.05. The fraction of sp³-hybridized carbons (Fsp3) is 0.444. The molecule has 2 aliphatic rings. The smallest absolute Gasteiger partial charge is 0.251 e. The Morgan fingerprint density at radius 1 is 1.03 bits per heavy atom. The molecular formula is C27H33N3O4. The monoisotopic (exact) mass is 463 g/mol. The minimum absolute atomic E-state index is 0.0347. The highest BCUT2D eigenvalue weighted by Crippen LogP contribution is 2.38. The highest BCUT2D eigenvalue weighted by Gasteiger charge is 2.44. The van der Waals surface area contributed by atoms with E-state index in [1.54, 1.807) is 24.9 Å². The summed E-state index contributed by atoms with van der Waals surface area (Å²) < 4.78 is 5.62. The standard InChI is InChI=1S/C27H33N3O4/c1-20(31)30-14-13-29(19-24(30)22-9-6-10-23(17-22)25(32)28-2)26(33)27(11-15-34-16-12-27)18-21-7-4-3-5-8-21/h3-10,17,24H,11-16,18-19H2,1-2H3,(H,28,32)/t24-/m1/s1. The van der Waals surface area contributed by atoms with Gasteiger partial charge in [-0.05, 0) is 42.5 Å². The maximum Gasteiger partial charge on any atom is 0.251 e. The molecule has 34 heavy (non-hydrogen) atoms. The van der Waals surface area contributed by atoms with Crippen LogP contribution in [-0.4, -0.2) is 67.4 Å². The summed E-state index contributed by atoms with van der Waals surface area (Å²) >= 11 is 0. The van der Waals surface area contributed by atoms with E-state index in [4.69, 9.17) is 4.74 Å². The van der Waals surface area contributed by atoms with Crippen molar-refractivity contribution in [2.24, 2.45) is 5.41 Å². The molecule has 0 radical (unpaired) electrons. The number of rotatable bonds is 5. The van der Waals surface area contributed by atoms with Crippen LogP contribution in [-0.2, 0) is 20.7 Å². The average Bonchev–Trinajstić information content (AvgIpc) is 2.88. The summed E-state index contributed by atoms with van der Waals surface area (Å²) in [4.78, 5) is 42.4. The summed E-state index contributed by atoms with van der Waals surface area (Å²) in [6.45, 7) is 4.08. The number of benzene rings is 2. The van der Waals surface area contributed by atoms with E-state index in [9.17, 15) is 14.4 Å². The van der Waals surface area contributed by atoms with Gasteiger partial charge in [0, 0.05) is 52.4 Å². The minimum atomic E-state index is -0.507.